The third-order valence-corrected chi connectivity index (χ3v) is 1.91. The van der Waals surface area contributed by atoms with Crippen molar-refractivity contribution in [1.29, 1.82) is 0 Å². The fourth-order valence-corrected chi connectivity index (χ4v) is 1.32. The summed E-state index contributed by atoms with van der Waals surface area (Å²) >= 11 is 0. The van der Waals surface area contributed by atoms with Crippen LogP contribution in [0.3, 0.4) is 0 Å². The van der Waals surface area contributed by atoms with E-state index in [1.807, 2.05) is 13.8 Å². The van der Waals surface area contributed by atoms with E-state index in [4.69, 9.17) is 0 Å². The number of hydrogen-bond donors (Lipinski definition) is 1. The Kier molecular flexibility index (Phi) is 6.12. The van der Waals surface area contributed by atoms with Gasteiger partial charge >= 0.3 is 6.18 Å². The topological polar surface area (TPSA) is 12.0 Å². The molecule has 1 N–H and O–H groups in total. The van der Waals surface area contributed by atoms with E-state index in [9.17, 15) is 13.2 Å². The van der Waals surface area contributed by atoms with Gasteiger partial charge in [-0.1, -0.05) is 20.3 Å². The van der Waals surface area contributed by atoms with Gasteiger partial charge < -0.3 is 5.32 Å². The van der Waals surface area contributed by atoms with Crippen LogP contribution in [0.4, 0.5) is 13.2 Å². The maximum Gasteiger partial charge on any atom is 0.389 e. The Bertz CT molecular complexity index is 117. The summed E-state index contributed by atoms with van der Waals surface area (Å²) in [6.07, 6.45) is -2.74. The van der Waals surface area contributed by atoms with Crippen LogP contribution in [0.15, 0.2) is 0 Å². The quantitative estimate of drug-likeness (QED) is 0.690. The van der Waals surface area contributed by atoms with Crippen molar-refractivity contribution in [2.45, 2.75) is 51.7 Å². The lowest BCUT2D eigenvalue weighted by atomic mass is 10.1. The summed E-state index contributed by atoms with van der Waals surface area (Å²) in [4.78, 5) is 0. The molecular formula is C9H18F3N. The molecule has 0 aliphatic rings. The summed E-state index contributed by atoms with van der Waals surface area (Å²) in [5, 5.41) is 3.06. The predicted molar refractivity (Wildman–Crippen MR) is 47.7 cm³/mol. The van der Waals surface area contributed by atoms with Gasteiger partial charge in [0.05, 0.1) is 0 Å². The highest BCUT2D eigenvalue weighted by molar-refractivity contribution is 4.67. The molecule has 1 unspecified atom stereocenters. The van der Waals surface area contributed by atoms with Gasteiger partial charge in [-0.3, -0.25) is 0 Å². The van der Waals surface area contributed by atoms with Gasteiger partial charge in [0.2, 0.25) is 0 Å². The molecule has 0 fully saturated rings. The largest absolute Gasteiger partial charge is 0.389 e. The maximum atomic E-state index is 11.9. The smallest absolute Gasteiger partial charge is 0.314 e. The van der Waals surface area contributed by atoms with Gasteiger partial charge in [0.1, 0.15) is 0 Å². The lowest BCUT2D eigenvalue weighted by molar-refractivity contribution is -0.136. The number of alkyl halides is 3. The lowest BCUT2D eigenvalue weighted by Crippen LogP contribution is -2.30. The fourth-order valence-electron chi connectivity index (χ4n) is 1.32. The van der Waals surface area contributed by atoms with Crippen molar-refractivity contribution in [2.75, 3.05) is 6.54 Å². The first kappa shape index (κ1) is 12.8. The van der Waals surface area contributed by atoms with Crippen LogP contribution in [0.1, 0.15) is 39.5 Å². The van der Waals surface area contributed by atoms with Crippen molar-refractivity contribution in [3.05, 3.63) is 0 Å². The van der Waals surface area contributed by atoms with Crippen molar-refractivity contribution in [3.8, 4) is 0 Å². The van der Waals surface area contributed by atoms with E-state index < -0.39 is 12.6 Å². The Morgan fingerprint density at radius 3 is 2.15 bits per heavy atom. The molecule has 0 bridgehead atoms. The first-order chi connectivity index (χ1) is 5.99. The molecular weight excluding hydrogens is 179 g/mol. The zero-order chi connectivity index (χ0) is 10.3. The van der Waals surface area contributed by atoms with Gasteiger partial charge in [-0.25, -0.2) is 0 Å². The standard InChI is InChI=1S/C9H18F3N/c1-3-5-8(13-4-2)6-7-9(10,11)12/h8,13H,3-7H2,1-2H3. The fraction of sp³-hybridized carbons (Fsp3) is 1.00. The third kappa shape index (κ3) is 8.09. The molecule has 0 aromatic carbocycles. The minimum absolute atomic E-state index is 0.0247. The first-order valence-corrected chi connectivity index (χ1v) is 4.79. The van der Waals surface area contributed by atoms with Crippen molar-refractivity contribution in [1.82, 2.24) is 5.32 Å². The van der Waals surface area contributed by atoms with Crippen LogP contribution in [-0.4, -0.2) is 18.8 Å². The van der Waals surface area contributed by atoms with E-state index >= 15 is 0 Å². The molecule has 0 saturated carbocycles. The van der Waals surface area contributed by atoms with Crippen LogP contribution >= 0.6 is 0 Å². The zero-order valence-corrected chi connectivity index (χ0v) is 8.25. The molecule has 0 aliphatic heterocycles. The van der Waals surface area contributed by atoms with E-state index in [2.05, 4.69) is 5.32 Å². The van der Waals surface area contributed by atoms with Crippen molar-refractivity contribution in [3.63, 3.8) is 0 Å². The molecule has 0 aromatic rings. The summed E-state index contributed by atoms with van der Waals surface area (Å²) in [5.74, 6) is 0. The zero-order valence-electron chi connectivity index (χ0n) is 8.25. The molecule has 0 rings (SSSR count). The van der Waals surface area contributed by atoms with E-state index in [0.29, 0.717) is 0 Å². The lowest BCUT2D eigenvalue weighted by Gasteiger charge is -2.17. The Morgan fingerprint density at radius 2 is 1.77 bits per heavy atom. The predicted octanol–water partition coefficient (Wildman–Crippen LogP) is 3.11. The Labute approximate surface area is 77.7 Å². The molecule has 0 heterocycles. The van der Waals surface area contributed by atoms with Gasteiger partial charge in [0.15, 0.2) is 0 Å². The highest BCUT2D eigenvalue weighted by atomic mass is 19.4. The highest BCUT2D eigenvalue weighted by Crippen LogP contribution is 2.23. The average Bonchev–Trinajstić information content (AvgIpc) is 2.00. The molecule has 1 atom stereocenters. The summed E-state index contributed by atoms with van der Waals surface area (Å²) in [5.41, 5.74) is 0. The maximum absolute atomic E-state index is 11.9. The highest BCUT2D eigenvalue weighted by Gasteiger charge is 2.27. The molecule has 0 aromatic heterocycles. The summed E-state index contributed by atoms with van der Waals surface area (Å²) in [7, 11) is 0. The van der Waals surface area contributed by atoms with Gasteiger partial charge in [-0.05, 0) is 19.4 Å². The van der Waals surface area contributed by atoms with Crippen LogP contribution in [-0.2, 0) is 0 Å². The van der Waals surface area contributed by atoms with Crippen LogP contribution in [0, 0.1) is 0 Å². The van der Waals surface area contributed by atoms with Crippen LogP contribution in [0.2, 0.25) is 0 Å². The molecule has 80 valence electrons. The van der Waals surface area contributed by atoms with E-state index in [0.717, 1.165) is 19.4 Å². The van der Waals surface area contributed by atoms with E-state index in [1.165, 1.54) is 0 Å². The monoisotopic (exact) mass is 197 g/mol. The molecule has 0 amide bonds. The minimum Gasteiger partial charge on any atom is -0.314 e. The molecule has 4 heteroatoms. The van der Waals surface area contributed by atoms with Gasteiger partial charge in [0.25, 0.3) is 0 Å². The molecule has 0 aliphatic carbocycles. The Balaban J connectivity index is 3.68. The molecule has 0 saturated heterocycles. The van der Waals surface area contributed by atoms with Gasteiger partial charge in [-0.15, -0.1) is 0 Å². The second-order valence-electron chi connectivity index (χ2n) is 3.20. The third-order valence-electron chi connectivity index (χ3n) is 1.91. The average molecular weight is 197 g/mol. The second-order valence-corrected chi connectivity index (χ2v) is 3.20. The van der Waals surface area contributed by atoms with Gasteiger partial charge in [-0.2, -0.15) is 13.2 Å². The second kappa shape index (κ2) is 6.24. The Hall–Kier alpha value is -0.250. The molecule has 13 heavy (non-hydrogen) atoms. The van der Waals surface area contributed by atoms with E-state index in [1.54, 1.807) is 0 Å². The first-order valence-electron chi connectivity index (χ1n) is 4.79. The summed E-state index contributed by atoms with van der Waals surface area (Å²) < 4.78 is 35.6. The Morgan fingerprint density at radius 1 is 1.15 bits per heavy atom. The van der Waals surface area contributed by atoms with Crippen molar-refractivity contribution < 1.29 is 13.2 Å². The van der Waals surface area contributed by atoms with Crippen LogP contribution in [0.25, 0.3) is 0 Å². The van der Waals surface area contributed by atoms with E-state index in [-0.39, 0.29) is 12.5 Å². The van der Waals surface area contributed by atoms with Crippen LogP contribution in [0.5, 0.6) is 0 Å². The number of rotatable bonds is 6. The summed E-state index contributed by atoms with van der Waals surface area (Å²) in [6.45, 7) is 4.64. The van der Waals surface area contributed by atoms with Gasteiger partial charge in [0, 0.05) is 12.5 Å². The van der Waals surface area contributed by atoms with Crippen LogP contribution < -0.4 is 5.32 Å². The minimum atomic E-state index is -4.01. The normalized spacial score (nSPS) is 14.5. The van der Waals surface area contributed by atoms with Crippen molar-refractivity contribution >= 4 is 0 Å². The molecule has 1 nitrogen and oxygen atoms in total. The number of hydrogen-bond acceptors (Lipinski definition) is 1. The number of nitrogens with one attached hydrogen (secondary N) is 1. The molecule has 0 spiro atoms. The summed E-state index contributed by atoms with van der Waals surface area (Å²) in [6, 6.07) is 0.0247. The SMILES string of the molecule is CCCC(CCC(F)(F)F)NCC. The molecule has 0 radical (unpaired) electrons. The number of halogens is 3. The van der Waals surface area contributed by atoms with Crippen molar-refractivity contribution in [2.24, 2.45) is 0 Å².